The molecule has 1 saturated heterocycles. The Labute approximate surface area is 178 Å². The Balaban J connectivity index is 1.56. The van der Waals surface area contributed by atoms with Gasteiger partial charge in [-0.2, -0.15) is 0 Å². The summed E-state index contributed by atoms with van der Waals surface area (Å²) in [5, 5.41) is 0. The first-order chi connectivity index (χ1) is 15.0. The van der Waals surface area contributed by atoms with Crippen molar-refractivity contribution in [2.45, 2.75) is 6.42 Å². The summed E-state index contributed by atoms with van der Waals surface area (Å²) >= 11 is 0. The normalized spacial score (nSPS) is 14.8. The number of carbonyl (C=O) groups excluding carboxylic acids is 2. The van der Waals surface area contributed by atoms with Crippen LogP contribution in [0.2, 0.25) is 0 Å². The van der Waals surface area contributed by atoms with E-state index in [2.05, 4.69) is 0 Å². The van der Waals surface area contributed by atoms with Crippen LogP contribution in [0.25, 0.3) is 22.5 Å². The lowest BCUT2D eigenvalue weighted by molar-refractivity contribution is 0.0303. The largest absolute Gasteiger partial charge is 0.378 e. The van der Waals surface area contributed by atoms with Gasteiger partial charge in [0.25, 0.3) is 5.91 Å². The number of benzene rings is 2. The molecular formula is C24H20FN3O3. The van der Waals surface area contributed by atoms with E-state index in [1.165, 1.54) is 12.1 Å². The summed E-state index contributed by atoms with van der Waals surface area (Å²) in [6.45, 7) is 2.23. The van der Waals surface area contributed by atoms with E-state index in [-0.39, 0.29) is 11.7 Å². The van der Waals surface area contributed by atoms with Crippen LogP contribution in [0, 0.1) is 5.82 Å². The lowest BCUT2D eigenvalue weighted by Gasteiger charge is -2.27. The van der Waals surface area contributed by atoms with Gasteiger partial charge in [0.1, 0.15) is 5.82 Å². The van der Waals surface area contributed by atoms with Crippen molar-refractivity contribution in [2.75, 3.05) is 26.3 Å². The number of aromatic nitrogens is 1. The molecule has 2 amide bonds. The number of amides is 2. The molecule has 1 aromatic heterocycles. The molecule has 6 nitrogen and oxygen atoms in total. The van der Waals surface area contributed by atoms with Gasteiger partial charge in [0.05, 0.1) is 24.6 Å². The maximum atomic E-state index is 13.3. The number of hydrogen-bond acceptors (Lipinski definition) is 4. The Bertz CT molecular complexity index is 1200. The highest BCUT2D eigenvalue weighted by Gasteiger charge is 2.28. The predicted octanol–water partition coefficient (Wildman–Crippen LogP) is 3.03. The number of pyridine rings is 1. The van der Waals surface area contributed by atoms with Crippen LogP contribution in [-0.4, -0.2) is 48.0 Å². The number of nitrogens with two attached hydrogens (primary N) is 1. The topological polar surface area (TPSA) is 85.5 Å². The van der Waals surface area contributed by atoms with Gasteiger partial charge < -0.3 is 15.4 Å². The van der Waals surface area contributed by atoms with Crippen molar-refractivity contribution in [1.29, 1.82) is 0 Å². The summed E-state index contributed by atoms with van der Waals surface area (Å²) in [5.41, 5.74) is 11.1. The van der Waals surface area contributed by atoms with Crippen molar-refractivity contribution >= 4 is 11.8 Å². The molecule has 2 aromatic carbocycles. The molecule has 2 heterocycles. The molecule has 5 rings (SSSR count). The molecule has 2 N–H and O–H groups in total. The van der Waals surface area contributed by atoms with Gasteiger partial charge in [0, 0.05) is 41.8 Å². The fourth-order valence-electron chi connectivity index (χ4n) is 4.21. The molecule has 0 radical (unpaired) electrons. The predicted molar refractivity (Wildman–Crippen MR) is 113 cm³/mol. The Morgan fingerprint density at radius 2 is 1.77 bits per heavy atom. The number of hydrogen-bond donors (Lipinski definition) is 1. The average molecular weight is 417 g/mol. The fraction of sp³-hybridized carbons (Fsp3) is 0.208. The minimum atomic E-state index is -0.542. The van der Waals surface area contributed by atoms with Gasteiger partial charge in [-0.25, -0.2) is 9.37 Å². The number of rotatable bonds is 3. The smallest absolute Gasteiger partial charge is 0.254 e. The molecule has 31 heavy (non-hydrogen) atoms. The maximum absolute atomic E-state index is 13.3. The second-order valence-electron chi connectivity index (χ2n) is 7.71. The SMILES string of the molecule is NC(=O)c1cc(-c2ccc(F)cc2)nc2c1Cc1cc(C(=O)N3CCOCC3)ccc1-2. The Kier molecular flexibility index (Phi) is 4.75. The van der Waals surface area contributed by atoms with Gasteiger partial charge in [0.15, 0.2) is 0 Å². The fourth-order valence-corrected chi connectivity index (χ4v) is 4.21. The summed E-state index contributed by atoms with van der Waals surface area (Å²) < 4.78 is 18.7. The molecular weight excluding hydrogens is 397 g/mol. The van der Waals surface area contributed by atoms with E-state index in [9.17, 15) is 14.0 Å². The van der Waals surface area contributed by atoms with E-state index in [0.29, 0.717) is 60.8 Å². The number of nitrogens with zero attached hydrogens (tertiary/aromatic N) is 2. The third-order valence-electron chi connectivity index (χ3n) is 5.80. The summed E-state index contributed by atoms with van der Waals surface area (Å²) in [6.07, 6.45) is 0.476. The summed E-state index contributed by atoms with van der Waals surface area (Å²) in [6, 6.07) is 13.1. The highest BCUT2D eigenvalue weighted by Crippen LogP contribution is 2.39. The third-order valence-corrected chi connectivity index (χ3v) is 5.80. The van der Waals surface area contributed by atoms with Crippen LogP contribution in [0.5, 0.6) is 0 Å². The van der Waals surface area contributed by atoms with Crippen LogP contribution in [-0.2, 0) is 11.2 Å². The third kappa shape index (κ3) is 3.47. The molecule has 1 aliphatic heterocycles. The van der Waals surface area contributed by atoms with Crippen LogP contribution >= 0.6 is 0 Å². The second-order valence-corrected chi connectivity index (χ2v) is 7.71. The van der Waals surface area contributed by atoms with Crippen LogP contribution in [0.1, 0.15) is 31.8 Å². The van der Waals surface area contributed by atoms with Crippen LogP contribution < -0.4 is 5.73 Å². The van der Waals surface area contributed by atoms with Crippen molar-refractivity contribution < 1.29 is 18.7 Å². The minimum absolute atomic E-state index is 0.0304. The van der Waals surface area contributed by atoms with Crippen molar-refractivity contribution in [3.05, 3.63) is 76.6 Å². The zero-order valence-electron chi connectivity index (χ0n) is 16.7. The van der Waals surface area contributed by atoms with Crippen LogP contribution in [0.15, 0.2) is 48.5 Å². The molecule has 1 aliphatic carbocycles. The van der Waals surface area contributed by atoms with Gasteiger partial charge >= 0.3 is 0 Å². The maximum Gasteiger partial charge on any atom is 0.254 e. The first-order valence-electron chi connectivity index (χ1n) is 10.1. The molecule has 3 aromatic rings. The Morgan fingerprint density at radius 3 is 2.48 bits per heavy atom. The first-order valence-corrected chi connectivity index (χ1v) is 10.1. The van der Waals surface area contributed by atoms with Gasteiger partial charge in [-0.15, -0.1) is 0 Å². The quantitative estimate of drug-likeness (QED) is 0.555. The van der Waals surface area contributed by atoms with E-state index in [1.54, 1.807) is 29.2 Å². The highest BCUT2D eigenvalue weighted by molar-refractivity contribution is 6.00. The lowest BCUT2D eigenvalue weighted by atomic mass is 10.0. The van der Waals surface area contributed by atoms with Gasteiger partial charge in [-0.1, -0.05) is 6.07 Å². The van der Waals surface area contributed by atoms with Gasteiger partial charge in [-0.3, -0.25) is 9.59 Å². The molecule has 0 saturated carbocycles. The molecule has 0 unspecified atom stereocenters. The van der Waals surface area contributed by atoms with Crippen molar-refractivity contribution in [3.8, 4) is 22.5 Å². The monoisotopic (exact) mass is 417 g/mol. The van der Waals surface area contributed by atoms with Crippen LogP contribution in [0.4, 0.5) is 4.39 Å². The van der Waals surface area contributed by atoms with Crippen LogP contribution in [0.3, 0.4) is 0 Å². The standard InChI is InChI=1S/C24H20FN3O3/c25-17-4-1-14(2-5-17)21-13-20(23(26)29)19-12-16-11-15(3-6-18(16)22(19)27-21)24(30)28-7-9-31-10-8-28/h1-6,11,13H,7-10,12H2,(H2,26,29). The first kappa shape index (κ1) is 19.4. The molecule has 7 heteroatoms. The van der Waals surface area contributed by atoms with E-state index in [4.69, 9.17) is 15.5 Å². The second kappa shape index (κ2) is 7.59. The number of fused-ring (bicyclic) bond motifs is 3. The molecule has 0 bridgehead atoms. The average Bonchev–Trinajstić information content (AvgIpc) is 3.16. The molecule has 1 fully saturated rings. The Hall–Kier alpha value is -3.58. The molecule has 0 atom stereocenters. The zero-order valence-corrected chi connectivity index (χ0v) is 16.7. The summed E-state index contributed by atoms with van der Waals surface area (Å²) in [7, 11) is 0. The van der Waals surface area contributed by atoms with Gasteiger partial charge in [-0.05, 0) is 53.6 Å². The number of carbonyl (C=O) groups is 2. The lowest BCUT2D eigenvalue weighted by Crippen LogP contribution is -2.40. The van der Waals surface area contributed by atoms with Crippen molar-refractivity contribution in [2.24, 2.45) is 5.73 Å². The number of ether oxygens (including phenoxy) is 1. The van der Waals surface area contributed by atoms with E-state index in [1.807, 2.05) is 12.1 Å². The van der Waals surface area contributed by atoms with E-state index >= 15 is 0 Å². The van der Waals surface area contributed by atoms with E-state index < -0.39 is 5.91 Å². The van der Waals surface area contributed by atoms with Crippen molar-refractivity contribution in [1.82, 2.24) is 9.88 Å². The zero-order chi connectivity index (χ0) is 21.5. The molecule has 156 valence electrons. The molecule has 0 spiro atoms. The Morgan fingerprint density at radius 1 is 1.03 bits per heavy atom. The number of primary amides is 1. The van der Waals surface area contributed by atoms with Crippen molar-refractivity contribution in [3.63, 3.8) is 0 Å². The summed E-state index contributed by atoms with van der Waals surface area (Å²) in [5.74, 6) is -0.917. The summed E-state index contributed by atoms with van der Waals surface area (Å²) in [4.78, 5) is 31.6. The number of morpholine rings is 1. The van der Waals surface area contributed by atoms with Gasteiger partial charge in [0.2, 0.25) is 5.91 Å². The minimum Gasteiger partial charge on any atom is -0.378 e. The molecule has 2 aliphatic rings. The number of halogens is 1. The van der Waals surface area contributed by atoms with E-state index in [0.717, 1.165) is 16.7 Å². The highest BCUT2D eigenvalue weighted by atomic mass is 19.1.